The highest BCUT2D eigenvalue weighted by atomic mass is 35.5. The molecule has 0 saturated carbocycles. The number of ketones is 1. The summed E-state index contributed by atoms with van der Waals surface area (Å²) in [5, 5.41) is -4.28. The molecule has 0 atom stereocenters. The highest BCUT2D eigenvalue weighted by Crippen LogP contribution is 2.25. The van der Waals surface area contributed by atoms with Crippen LogP contribution in [0.1, 0.15) is 10.4 Å². The van der Waals surface area contributed by atoms with E-state index < -0.39 is 34.2 Å². The van der Waals surface area contributed by atoms with E-state index in [0.717, 1.165) is 0 Å². The molecule has 0 unspecified atom stereocenters. The van der Waals surface area contributed by atoms with E-state index in [9.17, 15) is 26.7 Å². The fraction of sp³-hybridized carbons (Fsp3) is 0.125. The molecule has 0 heterocycles. The minimum absolute atomic E-state index is 0.150. The van der Waals surface area contributed by atoms with Crippen molar-refractivity contribution in [1.82, 2.24) is 0 Å². The fourth-order valence-corrected chi connectivity index (χ4v) is 0.959. The molecule has 0 saturated heterocycles. The van der Waals surface area contributed by atoms with Crippen LogP contribution in [0.25, 0.3) is 0 Å². The summed E-state index contributed by atoms with van der Waals surface area (Å²) in [7, 11) is 0. The van der Waals surface area contributed by atoms with Crippen LogP contribution in [-0.2, 0) is 0 Å². The maximum Gasteiger partial charge on any atom is 0.384 e. The molecule has 82 valence electrons. The summed E-state index contributed by atoms with van der Waals surface area (Å²) >= 11 is 4.34. The average Bonchev–Trinajstić information content (AvgIpc) is 2.10. The first-order chi connectivity index (χ1) is 6.73. The molecule has 0 bridgehead atoms. The van der Waals surface area contributed by atoms with Crippen molar-refractivity contribution in [2.24, 2.45) is 0 Å². The molecule has 1 aromatic rings. The Bertz CT molecular complexity index is 389. The summed E-state index contributed by atoms with van der Waals surface area (Å²) in [5.41, 5.74) is -1.04. The van der Waals surface area contributed by atoms with Gasteiger partial charge in [-0.2, -0.15) is 8.78 Å². The largest absolute Gasteiger partial charge is 0.384 e. The van der Waals surface area contributed by atoms with Crippen molar-refractivity contribution in [2.45, 2.75) is 5.38 Å². The van der Waals surface area contributed by atoms with Gasteiger partial charge in [0.05, 0.1) is 0 Å². The third-order valence-electron chi connectivity index (χ3n) is 1.50. The van der Waals surface area contributed by atoms with Crippen molar-refractivity contribution < 1.29 is 26.7 Å². The Labute approximate surface area is 85.5 Å². The molecule has 1 rings (SSSR count). The first-order valence-corrected chi connectivity index (χ1v) is 3.87. The van der Waals surface area contributed by atoms with E-state index in [-0.39, 0.29) is 12.1 Å². The van der Waals surface area contributed by atoms with Crippen molar-refractivity contribution in [2.75, 3.05) is 0 Å². The van der Waals surface area contributed by atoms with Gasteiger partial charge in [0.25, 0.3) is 0 Å². The summed E-state index contributed by atoms with van der Waals surface area (Å²) in [6.45, 7) is 0. The number of alkyl halides is 3. The number of hydrogen-bond donors (Lipinski definition) is 0. The van der Waals surface area contributed by atoms with Gasteiger partial charge in [-0.3, -0.25) is 4.79 Å². The number of Topliss-reactive ketones (excluding diaryl/α,β-unsaturated/α-hetero) is 1. The van der Waals surface area contributed by atoms with Crippen molar-refractivity contribution >= 4 is 17.4 Å². The Morgan fingerprint density at radius 1 is 1.13 bits per heavy atom. The van der Waals surface area contributed by atoms with Crippen molar-refractivity contribution in [3.05, 3.63) is 35.1 Å². The lowest BCUT2D eigenvalue weighted by Gasteiger charge is -2.06. The van der Waals surface area contributed by atoms with Crippen LogP contribution in [0.15, 0.2) is 12.1 Å². The quantitative estimate of drug-likeness (QED) is 0.338. The van der Waals surface area contributed by atoms with Crippen LogP contribution >= 0.6 is 11.6 Å². The molecule has 1 nitrogen and oxygen atoms in total. The second-order valence-electron chi connectivity index (χ2n) is 2.58. The van der Waals surface area contributed by atoms with E-state index in [1.54, 1.807) is 0 Å². The first kappa shape index (κ1) is 11.9. The summed E-state index contributed by atoms with van der Waals surface area (Å²) in [6, 6.07) is 0.300. The molecular weight excluding hydrogens is 243 g/mol. The zero-order valence-corrected chi connectivity index (χ0v) is 7.59. The minimum atomic E-state index is -4.28. The van der Waals surface area contributed by atoms with Crippen LogP contribution in [0.2, 0.25) is 0 Å². The zero-order valence-electron chi connectivity index (χ0n) is 6.83. The smallest absolute Gasteiger partial charge is 0.286 e. The van der Waals surface area contributed by atoms with E-state index in [1.807, 2.05) is 0 Å². The minimum Gasteiger partial charge on any atom is -0.286 e. The van der Waals surface area contributed by atoms with Crippen molar-refractivity contribution in [1.29, 1.82) is 0 Å². The van der Waals surface area contributed by atoms with Gasteiger partial charge in [-0.05, 0) is 23.7 Å². The topological polar surface area (TPSA) is 17.1 Å². The van der Waals surface area contributed by atoms with Gasteiger partial charge in [0.1, 0.15) is 0 Å². The van der Waals surface area contributed by atoms with Gasteiger partial charge in [-0.25, -0.2) is 13.2 Å². The molecule has 0 aliphatic carbocycles. The number of carbonyl (C=O) groups excluding carboxylic acids is 1. The van der Waals surface area contributed by atoms with E-state index in [0.29, 0.717) is 0 Å². The third-order valence-corrected chi connectivity index (χ3v) is 1.68. The predicted molar refractivity (Wildman–Crippen MR) is 41.4 cm³/mol. The Morgan fingerprint density at radius 2 is 1.53 bits per heavy atom. The molecule has 1 aromatic carbocycles. The molecule has 0 aliphatic rings. The first-order valence-electron chi connectivity index (χ1n) is 3.49. The van der Waals surface area contributed by atoms with Crippen LogP contribution in [0.3, 0.4) is 0 Å². The average molecular weight is 245 g/mol. The third kappa shape index (κ3) is 2.44. The highest BCUT2D eigenvalue weighted by Gasteiger charge is 2.37. The van der Waals surface area contributed by atoms with Gasteiger partial charge in [0, 0.05) is 5.56 Å². The van der Waals surface area contributed by atoms with Crippen LogP contribution in [0, 0.1) is 17.5 Å². The Morgan fingerprint density at radius 3 is 1.87 bits per heavy atom. The summed E-state index contributed by atoms with van der Waals surface area (Å²) in [6.07, 6.45) is 0. The maximum absolute atomic E-state index is 12.5. The monoisotopic (exact) mass is 244 g/mol. The number of hydrogen-bond acceptors (Lipinski definition) is 1. The lowest BCUT2D eigenvalue weighted by molar-refractivity contribution is 0.0535. The van der Waals surface area contributed by atoms with E-state index in [4.69, 9.17) is 0 Å². The summed E-state index contributed by atoms with van der Waals surface area (Å²) in [5.74, 6) is -7.31. The number of carbonyl (C=O) groups is 1. The highest BCUT2D eigenvalue weighted by molar-refractivity contribution is 6.35. The van der Waals surface area contributed by atoms with Crippen LogP contribution in [0.5, 0.6) is 0 Å². The predicted octanol–water partition coefficient (Wildman–Crippen LogP) is 3.12. The van der Waals surface area contributed by atoms with Crippen molar-refractivity contribution in [3.8, 4) is 0 Å². The molecule has 0 N–H and O–H groups in total. The fourth-order valence-electron chi connectivity index (χ4n) is 0.850. The van der Waals surface area contributed by atoms with E-state index in [1.165, 1.54) is 0 Å². The zero-order chi connectivity index (χ0) is 11.8. The maximum atomic E-state index is 12.5. The van der Waals surface area contributed by atoms with Gasteiger partial charge in [0.2, 0.25) is 5.78 Å². The van der Waals surface area contributed by atoms with Crippen LogP contribution in [-0.4, -0.2) is 11.2 Å². The SMILES string of the molecule is O=C(c1cc(F)c(F)c(F)c1)C(F)(F)Cl. The molecule has 0 radical (unpaired) electrons. The van der Waals surface area contributed by atoms with Gasteiger partial charge in [0.15, 0.2) is 17.5 Å². The Kier molecular flexibility index (Phi) is 2.99. The molecule has 0 aromatic heterocycles. The second kappa shape index (κ2) is 3.77. The molecule has 0 spiro atoms. The molecule has 7 heteroatoms. The number of rotatable bonds is 2. The lowest BCUT2D eigenvalue weighted by Crippen LogP contribution is -2.22. The van der Waals surface area contributed by atoms with Gasteiger partial charge >= 0.3 is 5.38 Å². The van der Waals surface area contributed by atoms with Gasteiger partial charge < -0.3 is 0 Å². The summed E-state index contributed by atoms with van der Waals surface area (Å²) < 4.78 is 61.9. The normalized spacial score (nSPS) is 11.6. The number of halogens is 6. The molecule has 0 fully saturated rings. The van der Waals surface area contributed by atoms with E-state index >= 15 is 0 Å². The Balaban J connectivity index is 3.24. The number of benzene rings is 1. The standard InChI is InChI=1S/C8H2ClF5O/c9-8(13,14)7(15)3-1-4(10)6(12)5(11)2-3/h1-2H. The molecule has 0 aliphatic heterocycles. The van der Waals surface area contributed by atoms with Crippen molar-refractivity contribution in [3.63, 3.8) is 0 Å². The second-order valence-corrected chi connectivity index (χ2v) is 3.06. The van der Waals surface area contributed by atoms with E-state index in [2.05, 4.69) is 11.6 Å². The lowest BCUT2D eigenvalue weighted by atomic mass is 10.1. The van der Waals surface area contributed by atoms with Crippen LogP contribution < -0.4 is 0 Å². The summed E-state index contributed by atoms with van der Waals surface area (Å²) in [4.78, 5) is 10.7. The molecule has 15 heavy (non-hydrogen) atoms. The van der Waals surface area contributed by atoms with Gasteiger partial charge in [-0.15, -0.1) is 0 Å². The molecule has 0 amide bonds. The van der Waals surface area contributed by atoms with Crippen LogP contribution in [0.4, 0.5) is 22.0 Å². The Hall–Kier alpha value is -1.17. The van der Waals surface area contributed by atoms with Gasteiger partial charge in [-0.1, -0.05) is 0 Å². The molecular formula is C8H2ClF5O.